The van der Waals surface area contributed by atoms with Crippen LogP contribution in [0.25, 0.3) is 0 Å². The van der Waals surface area contributed by atoms with Crippen molar-refractivity contribution in [1.82, 2.24) is 10.2 Å². The largest absolute Gasteiger partial charge is 0.459 e. The standard InChI is InChI=1S/C16H30N2O3/c1-11(2)10-17-14(19)12(3)18-9-7-8-13(18)15(20)21-16(4,5)6/h11-13H,7-10H2,1-6H3,(H,17,19)/t12?,13-/m1/s1. The molecule has 1 amide bonds. The van der Waals surface area contributed by atoms with Crippen LogP contribution in [-0.4, -0.2) is 47.6 Å². The number of nitrogens with one attached hydrogen (secondary N) is 1. The molecule has 1 heterocycles. The van der Waals surface area contributed by atoms with Crippen molar-refractivity contribution >= 4 is 11.9 Å². The molecule has 5 heteroatoms. The van der Waals surface area contributed by atoms with Gasteiger partial charge < -0.3 is 10.1 Å². The molecular formula is C16H30N2O3. The van der Waals surface area contributed by atoms with Crippen molar-refractivity contribution in [2.24, 2.45) is 5.92 Å². The topological polar surface area (TPSA) is 58.6 Å². The Bertz CT molecular complexity index is 374. The second kappa shape index (κ2) is 7.25. The first kappa shape index (κ1) is 18.0. The number of likely N-dealkylation sites (tertiary alicyclic amines) is 1. The van der Waals surface area contributed by atoms with Gasteiger partial charge in [0.25, 0.3) is 0 Å². The summed E-state index contributed by atoms with van der Waals surface area (Å²) in [6, 6.07) is -0.604. The van der Waals surface area contributed by atoms with E-state index < -0.39 is 5.60 Å². The number of nitrogens with zero attached hydrogens (tertiary/aromatic N) is 1. The van der Waals surface area contributed by atoms with Gasteiger partial charge in [0.1, 0.15) is 11.6 Å². The van der Waals surface area contributed by atoms with Crippen LogP contribution in [0.2, 0.25) is 0 Å². The van der Waals surface area contributed by atoms with Gasteiger partial charge in [0.05, 0.1) is 6.04 Å². The quantitative estimate of drug-likeness (QED) is 0.788. The Hall–Kier alpha value is -1.10. The molecule has 1 unspecified atom stereocenters. The third-order valence-corrected chi connectivity index (χ3v) is 3.53. The number of carbonyl (C=O) groups excluding carboxylic acids is 2. The second-order valence-corrected chi connectivity index (χ2v) is 7.24. The van der Waals surface area contributed by atoms with E-state index in [0.29, 0.717) is 12.5 Å². The zero-order valence-corrected chi connectivity index (χ0v) is 14.2. The normalized spacial score (nSPS) is 21.4. The molecule has 1 aliphatic rings. The lowest BCUT2D eigenvalue weighted by atomic mass is 10.1. The monoisotopic (exact) mass is 298 g/mol. The Morgan fingerprint density at radius 3 is 2.43 bits per heavy atom. The number of ether oxygens (including phenoxy) is 1. The minimum absolute atomic E-state index is 0.0147. The van der Waals surface area contributed by atoms with Gasteiger partial charge in [-0.15, -0.1) is 0 Å². The average Bonchev–Trinajstić information content (AvgIpc) is 2.81. The molecule has 0 radical (unpaired) electrons. The minimum atomic E-state index is -0.492. The summed E-state index contributed by atoms with van der Waals surface area (Å²) in [6.45, 7) is 13.0. The van der Waals surface area contributed by atoms with Crippen molar-refractivity contribution in [1.29, 1.82) is 0 Å². The van der Waals surface area contributed by atoms with Gasteiger partial charge >= 0.3 is 5.97 Å². The van der Waals surface area contributed by atoms with E-state index in [2.05, 4.69) is 19.2 Å². The van der Waals surface area contributed by atoms with Gasteiger partial charge in [-0.3, -0.25) is 14.5 Å². The van der Waals surface area contributed by atoms with E-state index in [9.17, 15) is 9.59 Å². The van der Waals surface area contributed by atoms with E-state index >= 15 is 0 Å². The fourth-order valence-electron chi connectivity index (χ4n) is 2.48. The first-order valence-electron chi connectivity index (χ1n) is 7.88. The third-order valence-electron chi connectivity index (χ3n) is 3.53. The van der Waals surface area contributed by atoms with Crippen LogP contribution in [-0.2, 0) is 14.3 Å². The van der Waals surface area contributed by atoms with Crippen molar-refractivity contribution in [3.63, 3.8) is 0 Å². The van der Waals surface area contributed by atoms with Crippen LogP contribution < -0.4 is 5.32 Å². The fraction of sp³-hybridized carbons (Fsp3) is 0.875. The van der Waals surface area contributed by atoms with Crippen molar-refractivity contribution in [3.05, 3.63) is 0 Å². The molecule has 1 aliphatic heterocycles. The molecule has 122 valence electrons. The smallest absolute Gasteiger partial charge is 0.323 e. The van der Waals surface area contributed by atoms with E-state index in [4.69, 9.17) is 4.74 Å². The number of hydrogen-bond acceptors (Lipinski definition) is 4. The van der Waals surface area contributed by atoms with Crippen LogP contribution in [0.3, 0.4) is 0 Å². The van der Waals surface area contributed by atoms with Crippen molar-refractivity contribution < 1.29 is 14.3 Å². The fourth-order valence-corrected chi connectivity index (χ4v) is 2.48. The van der Waals surface area contributed by atoms with Crippen molar-refractivity contribution in [3.8, 4) is 0 Å². The molecule has 5 nitrogen and oxygen atoms in total. The van der Waals surface area contributed by atoms with E-state index in [1.54, 1.807) is 0 Å². The summed E-state index contributed by atoms with van der Waals surface area (Å²) in [6.07, 6.45) is 1.68. The summed E-state index contributed by atoms with van der Waals surface area (Å²) in [4.78, 5) is 26.4. The molecule has 0 saturated carbocycles. The van der Waals surface area contributed by atoms with Crippen LogP contribution in [0, 0.1) is 5.92 Å². The molecule has 0 aromatic heterocycles. The summed E-state index contributed by atoms with van der Waals surface area (Å²) in [7, 11) is 0. The maximum absolute atomic E-state index is 12.3. The summed E-state index contributed by atoms with van der Waals surface area (Å²) in [5.41, 5.74) is -0.492. The number of rotatable bonds is 5. The Morgan fingerprint density at radius 1 is 1.29 bits per heavy atom. The molecule has 0 bridgehead atoms. The molecule has 21 heavy (non-hydrogen) atoms. The van der Waals surface area contributed by atoms with Crippen LogP contribution in [0.15, 0.2) is 0 Å². The molecule has 1 fully saturated rings. The number of carbonyl (C=O) groups is 2. The van der Waals surface area contributed by atoms with Crippen LogP contribution in [0.1, 0.15) is 54.4 Å². The van der Waals surface area contributed by atoms with Gasteiger partial charge in [0.15, 0.2) is 0 Å². The molecule has 0 aromatic carbocycles. The maximum Gasteiger partial charge on any atom is 0.323 e. The van der Waals surface area contributed by atoms with E-state index in [0.717, 1.165) is 19.4 Å². The first-order valence-corrected chi connectivity index (χ1v) is 7.88. The predicted octanol–water partition coefficient (Wildman–Crippen LogP) is 1.95. The molecule has 1 rings (SSSR count). The lowest BCUT2D eigenvalue weighted by Gasteiger charge is -2.30. The Balaban J connectivity index is 2.63. The highest BCUT2D eigenvalue weighted by Gasteiger charge is 2.38. The average molecular weight is 298 g/mol. The lowest BCUT2D eigenvalue weighted by molar-refractivity contribution is -0.161. The Labute approximate surface area is 128 Å². The molecule has 0 aromatic rings. The Morgan fingerprint density at radius 2 is 1.90 bits per heavy atom. The predicted molar refractivity (Wildman–Crippen MR) is 82.9 cm³/mol. The van der Waals surface area contributed by atoms with Crippen molar-refractivity contribution in [2.75, 3.05) is 13.1 Å². The third kappa shape index (κ3) is 5.65. The second-order valence-electron chi connectivity index (χ2n) is 7.24. The Kier molecular flexibility index (Phi) is 6.20. The molecule has 1 saturated heterocycles. The molecular weight excluding hydrogens is 268 g/mol. The summed E-state index contributed by atoms with van der Waals surface area (Å²) in [5.74, 6) is 0.184. The number of hydrogen-bond donors (Lipinski definition) is 1. The van der Waals surface area contributed by atoms with E-state index in [1.807, 2.05) is 32.6 Å². The van der Waals surface area contributed by atoms with Gasteiger partial charge in [-0.05, 0) is 53.0 Å². The summed E-state index contributed by atoms with van der Waals surface area (Å²) < 4.78 is 5.47. The molecule has 2 atom stereocenters. The van der Waals surface area contributed by atoms with Crippen LogP contribution in [0.5, 0.6) is 0 Å². The zero-order chi connectivity index (χ0) is 16.2. The van der Waals surface area contributed by atoms with Crippen molar-refractivity contribution in [2.45, 2.75) is 72.1 Å². The van der Waals surface area contributed by atoms with Crippen LogP contribution in [0.4, 0.5) is 0 Å². The highest BCUT2D eigenvalue weighted by molar-refractivity contribution is 5.83. The SMILES string of the molecule is CC(C)CNC(=O)C(C)N1CCC[C@@H]1C(=O)OC(C)(C)C. The molecule has 0 spiro atoms. The van der Waals surface area contributed by atoms with Gasteiger partial charge in [-0.2, -0.15) is 0 Å². The highest BCUT2D eigenvalue weighted by Crippen LogP contribution is 2.23. The maximum atomic E-state index is 12.3. The lowest BCUT2D eigenvalue weighted by Crippen LogP contribution is -2.51. The van der Waals surface area contributed by atoms with Gasteiger partial charge in [-0.1, -0.05) is 13.8 Å². The minimum Gasteiger partial charge on any atom is -0.459 e. The van der Waals surface area contributed by atoms with Crippen LogP contribution >= 0.6 is 0 Å². The molecule has 0 aliphatic carbocycles. The summed E-state index contributed by atoms with van der Waals surface area (Å²) >= 11 is 0. The van der Waals surface area contributed by atoms with E-state index in [-0.39, 0.29) is 24.0 Å². The first-order chi connectivity index (χ1) is 9.61. The zero-order valence-electron chi connectivity index (χ0n) is 14.2. The van der Waals surface area contributed by atoms with Gasteiger partial charge in [-0.25, -0.2) is 0 Å². The number of esters is 1. The van der Waals surface area contributed by atoms with Gasteiger partial charge in [0.2, 0.25) is 5.91 Å². The van der Waals surface area contributed by atoms with E-state index in [1.165, 1.54) is 0 Å². The number of amides is 1. The van der Waals surface area contributed by atoms with Gasteiger partial charge in [0, 0.05) is 6.54 Å². The highest BCUT2D eigenvalue weighted by atomic mass is 16.6. The summed E-state index contributed by atoms with van der Waals surface area (Å²) in [5, 5.41) is 2.93. The molecule has 1 N–H and O–H groups in total.